The molecule has 4 rings (SSSR count). The Hall–Kier alpha value is -4.18. The first kappa shape index (κ1) is 19.2. The molecule has 1 amide bonds. The fourth-order valence-corrected chi connectivity index (χ4v) is 3.72. The average Bonchev–Trinajstić information content (AvgIpc) is 3.21. The van der Waals surface area contributed by atoms with Crippen LogP contribution in [0.4, 0.5) is 16.5 Å². The van der Waals surface area contributed by atoms with E-state index in [1.807, 2.05) is 42.5 Å². The second kappa shape index (κ2) is 7.68. The van der Waals surface area contributed by atoms with Crippen LogP contribution in [0.3, 0.4) is 0 Å². The highest BCUT2D eigenvalue weighted by molar-refractivity contribution is 7.14. The SMILES string of the molecule is O=C(Nc1nc(-c2cccc3ccccc23)cs1)c1cc([N+](=O)[O-])cc([N+](=O)[O-])c1. The number of carbonyl (C=O) groups is 1. The fraction of sp³-hybridized carbons (Fsp3) is 0. The van der Waals surface area contributed by atoms with E-state index in [9.17, 15) is 25.0 Å². The Balaban J connectivity index is 1.63. The Kier molecular flexibility index (Phi) is 4.90. The summed E-state index contributed by atoms with van der Waals surface area (Å²) in [5.41, 5.74) is 0.292. The van der Waals surface area contributed by atoms with Crippen LogP contribution in [-0.2, 0) is 0 Å². The highest BCUT2D eigenvalue weighted by Crippen LogP contribution is 2.31. The van der Waals surface area contributed by atoms with E-state index in [-0.39, 0.29) is 10.7 Å². The van der Waals surface area contributed by atoms with Gasteiger partial charge in [-0.05, 0) is 10.8 Å². The van der Waals surface area contributed by atoms with Crippen molar-refractivity contribution in [2.45, 2.75) is 0 Å². The molecule has 3 aromatic carbocycles. The Morgan fingerprint density at radius 2 is 1.60 bits per heavy atom. The second-order valence-corrected chi connectivity index (χ2v) is 7.13. The highest BCUT2D eigenvalue weighted by atomic mass is 32.1. The summed E-state index contributed by atoms with van der Waals surface area (Å²) >= 11 is 1.19. The van der Waals surface area contributed by atoms with Crippen LogP contribution in [0.25, 0.3) is 22.0 Å². The first-order valence-electron chi connectivity index (χ1n) is 8.61. The molecule has 9 nitrogen and oxygen atoms in total. The molecule has 0 atom stereocenters. The van der Waals surface area contributed by atoms with Crippen LogP contribution in [0.15, 0.2) is 66.0 Å². The monoisotopic (exact) mass is 420 g/mol. The third kappa shape index (κ3) is 3.71. The molecule has 4 aromatic rings. The molecule has 1 aromatic heterocycles. The van der Waals surface area contributed by atoms with E-state index in [0.29, 0.717) is 5.69 Å². The zero-order valence-electron chi connectivity index (χ0n) is 15.1. The summed E-state index contributed by atoms with van der Waals surface area (Å²) in [6, 6.07) is 16.4. The van der Waals surface area contributed by atoms with E-state index in [0.717, 1.165) is 34.5 Å². The number of aromatic nitrogens is 1. The molecule has 0 aliphatic heterocycles. The van der Waals surface area contributed by atoms with Crippen molar-refractivity contribution >= 4 is 44.5 Å². The van der Waals surface area contributed by atoms with Gasteiger partial charge in [0.25, 0.3) is 17.3 Å². The summed E-state index contributed by atoms with van der Waals surface area (Å²) in [5, 5.41) is 28.7. The van der Waals surface area contributed by atoms with Crippen molar-refractivity contribution in [3.63, 3.8) is 0 Å². The quantitative estimate of drug-likeness (QED) is 0.356. The smallest absolute Gasteiger partial charge is 0.277 e. The summed E-state index contributed by atoms with van der Waals surface area (Å²) in [6.07, 6.45) is 0. The third-order valence-electron chi connectivity index (χ3n) is 4.38. The number of hydrogen-bond acceptors (Lipinski definition) is 7. The number of thiazole rings is 1. The number of hydrogen-bond donors (Lipinski definition) is 1. The van der Waals surface area contributed by atoms with Crippen molar-refractivity contribution in [2.24, 2.45) is 0 Å². The minimum atomic E-state index is -0.786. The fourth-order valence-electron chi connectivity index (χ4n) is 3.01. The van der Waals surface area contributed by atoms with Gasteiger partial charge in [-0.15, -0.1) is 11.3 Å². The predicted molar refractivity (Wildman–Crippen MR) is 113 cm³/mol. The molecule has 0 aliphatic rings. The Labute approximate surface area is 172 Å². The maximum absolute atomic E-state index is 12.5. The lowest BCUT2D eigenvalue weighted by atomic mass is 10.0. The van der Waals surface area contributed by atoms with E-state index in [1.54, 1.807) is 5.38 Å². The zero-order chi connectivity index (χ0) is 21.3. The number of fused-ring (bicyclic) bond motifs is 1. The van der Waals surface area contributed by atoms with Gasteiger partial charge in [0, 0.05) is 23.1 Å². The number of nitro benzene ring substituents is 2. The van der Waals surface area contributed by atoms with E-state index in [1.165, 1.54) is 11.3 Å². The number of benzene rings is 3. The van der Waals surface area contributed by atoms with Gasteiger partial charge in [0.05, 0.1) is 27.2 Å². The van der Waals surface area contributed by atoms with Crippen LogP contribution in [0.5, 0.6) is 0 Å². The number of amides is 1. The minimum absolute atomic E-state index is 0.196. The second-order valence-electron chi connectivity index (χ2n) is 6.27. The van der Waals surface area contributed by atoms with Gasteiger partial charge in [0.2, 0.25) is 0 Å². The number of anilines is 1. The van der Waals surface area contributed by atoms with Gasteiger partial charge in [-0.3, -0.25) is 30.3 Å². The molecular formula is C20H12N4O5S. The summed E-state index contributed by atoms with van der Waals surface area (Å²) in [5.74, 6) is -0.722. The number of nitrogens with zero attached hydrogens (tertiary/aromatic N) is 3. The van der Waals surface area contributed by atoms with E-state index in [2.05, 4.69) is 10.3 Å². The normalized spacial score (nSPS) is 10.7. The molecule has 0 spiro atoms. The van der Waals surface area contributed by atoms with Gasteiger partial charge >= 0.3 is 0 Å². The van der Waals surface area contributed by atoms with Crippen LogP contribution < -0.4 is 5.32 Å². The van der Waals surface area contributed by atoms with Gasteiger partial charge in [0.1, 0.15) is 0 Å². The molecule has 1 heterocycles. The third-order valence-corrected chi connectivity index (χ3v) is 5.13. The van der Waals surface area contributed by atoms with Crippen molar-refractivity contribution in [1.29, 1.82) is 0 Å². The Bertz CT molecular complexity index is 1280. The van der Waals surface area contributed by atoms with Gasteiger partial charge in [-0.1, -0.05) is 42.5 Å². The molecule has 30 heavy (non-hydrogen) atoms. The first-order chi connectivity index (χ1) is 14.4. The van der Waals surface area contributed by atoms with Crippen molar-refractivity contribution < 1.29 is 14.6 Å². The van der Waals surface area contributed by atoms with Crippen LogP contribution >= 0.6 is 11.3 Å². The predicted octanol–water partition coefficient (Wildman–Crippen LogP) is 5.03. The lowest BCUT2D eigenvalue weighted by Gasteiger charge is -2.04. The molecule has 0 bridgehead atoms. The first-order valence-corrected chi connectivity index (χ1v) is 9.49. The molecular weight excluding hydrogens is 408 g/mol. The molecule has 0 unspecified atom stereocenters. The highest BCUT2D eigenvalue weighted by Gasteiger charge is 2.20. The van der Waals surface area contributed by atoms with Crippen LogP contribution in [0.1, 0.15) is 10.4 Å². The maximum Gasteiger partial charge on any atom is 0.277 e. The molecule has 1 N–H and O–H groups in total. The molecule has 0 fully saturated rings. The molecule has 0 radical (unpaired) electrons. The standard InChI is InChI=1S/C20H12N4O5S/c25-19(13-8-14(23(26)27)10-15(9-13)24(28)29)22-20-21-18(11-30-20)17-7-3-5-12-4-1-2-6-16(12)17/h1-11H,(H,21,22,25). The molecule has 10 heteroatoms. The van der Waals surface area contributed by atoms with Gasteiger partial charge in [-0.25, -0.2) is 4.98 Å². The summed E-state index contributed by atoms with van der Waals surface area (Å²) in [4.78, 5) is 37.4. The van der Waals surface area contributed by atoms with Crippen molar-refractivity contribution in [1.82, 2.24) is 4.98 Å². The average molecular weight is 420 g/mol. The van der Waals surface area contributed by atoms with Crippen molar-refractivity contribution in [3.8, 4) is 11.3 Å². The van der Waals surface area contributed by atoms with Gasteiger partial charge in [0.15, 0.2) is 5.13 Å². The van der Waals surface area contributed by atoms with Gasteiger partial charge < -0.3 is 0 Å². The van der Waals surface area contributed by atoms with Crippen LogP contribution in [-0.4, -0.2) is 20.7 Å². The lowest BCUT2D eigenvalue weighted by Crippen LogP contribution is -2.12. The molecule has 0 saturated heterocycles. The van der Waals surface area contributed by atoms with Crippen LogP contribution in [0.2, 0.25) is 0 Å². The summed E-state index contributed by atoms with van der Waals surface area (Å²) in [6.45, 7) is 0. The van der Waals surface area contributed by atoms with E-state index in [4.69, 9.17) is 0 Å². The van der Waals surface area contributed by atoms with Crippen molar-refractivity contribution in [3.05, 3.63) is 91.8 Å². The van der Waals surface area contributed by atoms with Crippen LogP contribution in [0, 0.1) is 20.2 Å². The topological polar surface area (TPSA) is 128 Å². The Morgan fingerprint density at radius 1 is 0.933 bits per heavy atom. The molecule has 0 saturated carbocycles. The largest absolute Gasteiger partial charge is 0.298 e. The molecule has 0 aliphatic carbocycles. The Morgan fingerprint density at radius 3 is 2.30 bits per heavy atom. The molecule has 148 valence electrons. The number of rotatable bonds is 5. The summed E-state index contributed by atoms with van der Waals surface area (Å²) in [7, 11) is 0. The zero-order valence-corrected chi connectivity index (χ0v) is 16.0. The summed E-state index contributed by atoms with van der Waals surface area (Å²) < 4.78 is 0. The number of non-ortho nitro benzene ring substituents is 2. The van der Waals surface area contributed by atoms with E-state index < -0.39 is 27.1 Å². The minimum Gasteiger partial charge on any atom is -0.298 e. The number of nitrogens with one attached hydrogen (secondary N) is 1. The number of nitro groups is 2. The van der Waals surface area contributed by atoms with E-state index >= 15 is 0 Å². The lowest BCUT2D eigenvalue weighted by molar-refractivity contribution is -0.394. The van der Waals surface area contributed by atoms with Gasteiger partial charge in [-0.2, -0.15) is 0 Å². The number of carbonyl (C=O) groups excluding carboxylic acids is 1. The maximum atomic E-state index is 12.5. The van der Waals surface area contributed by atoms with Crippen molar-refractivity contribution in [2.75, 3.05) is 5.32 Å².